The molecular formula is C48H32N5Pt-3. The molecule has 0 N–H and O–H groups in total. The second-order valence-electron chi connectivity index (χ2n) is 13.0. The van der Waals surface area contributed by atoms with Crippen LogP contribution in [0, 0.1) is 18.8 Å². The smallest absolute Gasteiger partial charge is 0.135 e. The standard InChI is InChI=1S/C48H32N5.Pt/c1-3-16-35(17-4-1)50-34-51(46-27-12-11-26-45(46)50)37-20-15-21-38(32-37)52(36-18-5-2-6-19-36)39-29-30-43-41-23-8-7-22-40(41)42-24-9-10-25-44(42)53(47(43)33-39)48-28-13-14-31-49-48;/h1-31,34H;/q-3;. The van der Waals surface area contributed by atoms with E-state index in [2.05, 4.69) is 196 Å². The summed E-state index contributed by atoms with van der Waals surface area (Å²) in [5.41, 5.74) is 13.6. The van der Waals surface area contributed by atoms with Crippen LogP contribution in [0.25, 0.3) is 22.3 Å². The first-order valence-electron chi connectivity index (χ1n) is 17.7. The Bertz CT molecular complexity index is 2580. The molecule has 0 fully saturated rings. The minimum Gasteiger partial charge on any atom is -0.493 e. The molecule has 5 nitrogen and oxygen atoms in total. The molecular weight excluding hydrogens is 842 g/mol. The van der Waals surface area contributed by atoms with E-state index in [0.29, 0.717) is 0 Å². The summed E-state index contributed by atoms with van der Waals surface area (Å²) >= 11 is 0. The van der Waals surface area contributed by atoms with Crippen LogP contribution in [0.3, 0.4) is 0 Å². The molecule has 0 saturated heterocycles. The summed E-state index contributed by atoms with van der Waals surface area (Å²) in [6, 6.07) is 71.1. The van der Waals surface area contributed by atoms with Crippen LogP contribution in [0.4, 0.5) is 57.0 Å². The summed E-state index contributed by atoms with van der Waals surface area (Å²) in [6.45, 7) is 2.15. The van der Waals surface area contributed by atoms with Crippen LogP contribution in [-0.2, 0) is 21.1 Å². The molecule has 6 heteroatoms. The van der Waals surface area contributed by atoms with E-state index in [1.54, 1.807) is 0 Å². The summed E-state index contributed by atoms with van der Waals surface area (Å²) < 4.78 is 0. The number of anilines is 10. The van der Waals surface area contributed by atoms with Gasteiger partial charge in [-0.05, 0) is 60.2 Å². The Labute approximate surface area is 330 Å². The molecule has 0 bridgehead atoms. The maximum atomic E-state index is 4.87. The molecule has 54 heavy (non-hydrogen) atoms. The number of hydrogen-bond donors (Lipinski definition) is 0. The van der Waals surface area contributed by atoms with Crippen LogP contribution >= 0.6 is 0 Å². The molecule has 0 aliphatic carbocycles. The molecule has 0 saturated carbocycles. The largest absolute Gasteiger partial charge is 0.493 e. The van der Waals surface area contributed by atoms with Gasteiger partial charge in [-0.25, -0.2) is 4.98 Å². The van der Waals surface area contributed by atoms with Gasteiger partial charge in [0.2, 0.25) is 0 Å². The Hall–Kier alpha value is -6.42. The van der Waals surface area contributed by atoms with E-state index in [1.165, 1.54) is 5.56 Å². The van der Waals surface area contributed by atoms with Gasteiger partial charge in [0, 0.05) is 55.6 Å². The molecule has 0 radical (unpaired) electrons. The fourth-order valence-electron chi connectivity index (χ4n) is 7.49. The Morgan fingerprint density at radius 3 is 1.81 bits per heavy atom. The average Bonchev–Trinajstić information content (AvgIpc) is 3.57. The molecule has 0 atom stereocenters. The zero-order chi connectivity index (χ0) is 35.1. The predicted octanol–water partition coefficient (Wildman–Crippen LogP) is 12.7. The van der Waals surface area contributed by atoms with Gasteiger partial charge in [0.25, 0.3) is 0 Å². The van der Waals surface area contributed by atoms with Crippen molar-refractivity contribution in [2.24, 2.45) is 0 Å². The van der Waals surface area contributed by atoms with Crippen molar-refractivity contribution >= 4 is 57.0 Å². The SMILES string of the molecule is [Pt].[c-]1c(N2[CH-]N(c3ccccc3)c3ccccc32)cccc1N(c1[c-]c2c(cc1)-c1ccccc1-c1ccccc1N2c1ccccn1)c1ccccc1. The normalized spacial score (nSPS) is 12.5. The third-order valence-electron chi connectivity index (χ3n) is 9.85. The number of para-hydroxylation sites is 5. The third-order valence-corrected chi connectivity index (χ3v) is 9.85. The predicted molar refractivity (Wildman–Crippen MR) is 217 cm³/mol. The summed E-state index contributed by atoms with van der Waals surface area (Å²) in [5, 5.41) is 0. The van der Waals surface area contributed by atoms with Gasteiger partial charge < -0.3 is 19.6 Å². The van der Waals surface area contributed by atoms with Crippen molar-refractivity contribution in [3.63, 3.8) is 0 Å². The van der Waals surface area contributed by atoms with Crippen LogP contribution in [0.15, 0.2) is 188 Å². The van der Waals surface area contributed by atoms with Crippen molar-refractivity contribution in [1.82, 2.24) is 4.98 Å². The van der Waals surface area contributed by atoms with Crippen LogP contribution in [-0.4, -0.2) is 4.98 Å². The fraction of sp³-hybridized carbons (Fsp3) is 0. The van der Waals surface area contributed by atoms with Gasteiger partial charge in [0.1, 0.15) is 5.82 Å². The van der Waals surface area contributed by atoms with E-state index in [4.69, 9.17) is 4.98 Å². The van der Waals surface area contributed by atoms with Crippen molar-refractivity contribution in [3.05, 3.63) is 207 Å². The van der Waals surface area contributed by atoms with Gasteiger partial charge in [-0.15, -0.1) is 48.3 Å². The van der Waals surface area contributed by atoms with Crippen LogP contribution in [0.5, 0.6) is 0 Å². The minimum atomic E-state index is 0. The molecule has 8 aromatic rings. The first-order valence-corrected chi connectivity index (χ1v) is 17.7. The molecule has 1 aromatic heterocycles. The number of aromatic nitrogens is 1. The molecule has 0 unspecified atom stereocenters. The van der Waals surface area contributed by atoms with Crippen molar-refractivity contribution in [2.75, 3.05) is 19.6 Å². The molecule has 0 amide bonds. The quantitative estimate of drug-likeness (QED) is 0.155. The van der Waals surface area contributed by atoms with Gasteiger partial charge in [0.05, 0.1) is 5.69 Å². The first kappa shape index (κ1) is 33.4. The van der Waals surface area contributed by atoms with Gasteiger partial charge in [-0.1, -0.05) is 120 Å². The van der Waals surface area contributed by atoms with Gasteiger partial charge in [-0.3, -0.25) is 0 Å². The van der Waals surface area contributed by atoms with Crippen LogP contribution in [0.2, 0.25) is 0 Å². The molecule has 10 rings (SSSR count). The van der Waals surface area contributed by atoms with Crippen LogP contribution in [0.1, 0.15) is 0 Å². The third kappa shape index (κ3) is 5.74. The molecule has 2 aliphatic heterocycles. The Morgan fingerprint density at radius 1 is 0.463 bits per heavy atom. The Morgan fingerprint density at radius 2 is 1.07 bits per heavy atom. The summed E-state index contributed by atoms with van der Waals surface area (Å²) in [5.74, 6) is 0.827. The Kier molecular flexibility index (Phi) is 8.78. The van der Waals surface area contributed by atoms with Gasteiger partial charge in [0.15, 0.2) is 0 Å². The maximum Gasteiger partial charge on any atom is 0.135 e. The Balaban J connectivity index is 0.00000384. The molecule has 2 aliphatic rings. The topological polar surface area (TPSA) is 25.9 Å². The van der Waals surface area contributed by atoms with Crippen molar-refractivity contribution in [2.45, 2.75) is 0 Å². The second-order valence-corrected chi connectivity index (χ2v) is 13.0. The first-order chi connectivity index (χ1) is 26.3. The van der Waals surface area contributed by atoms with E-state index in [9.17, 15) is 0 Å². The number of fused-ring (bicyclic) bond motifs is 6. The zero-order valence-electron chi connectivity index (χ0n) is 29.0. The average molecular weight is 874 g/mol. The van der Waals surface area contributed by atoms with E-state index in [-0.39, 0.29) is 21.1 Å². The summed E-state index contributed by atoms with van der Waals surface area (Å²) in [4.78, 5) is 13.8. The van der Waals surface area contributed by atoms with Crippen LogP contribution < -0.4 is 19.6 Å². The van der Waals surface area contributed by atoms with Crippen molar-refractivity contribution < 1.29 is 21.1 Å². The maximum absolute atomic E-state index is 4.87. The van der Waals surface area contributed by atoms with E-state index in [1.807, 2.05) is 30.5 Å². The summed E-state index contributed by atoms with van der Waals surface area (Å²) in [7, 11) is 0. The van der Waals surface area contributed by atoms with E-state index < -0.39 is 0 Å². The van der Waals surface area contributed by atoms with Crippen molar-refractivity contribution in [1.29, 1.82) is 0 Å². The van der Waals surface area contributed by atoms with Crippen molar-refractivity contribution in [3.8, 4) is 22.3 Å². The van der Waals surface area contributed by atoms with Gasteiger partial charge >= 0.3 is 0 Å². The minimum absolute atomic E-state index is 0. The fourth-order valence-corrected chi connectivity index (χ4v) is 7.49. The number of nitrogens with zero attached hydrogens (tertiary/aromatic N) is 5. The number of hydrogen-bond acceptors (Lipinski definition) is 5. The second kappa shape index (κ2) is 14.2. The molecule has 7 aromatic carbocycles. The molecule has 262 valence electrons. The zero-order valence-corrected chi connectivity index (χ0v) is 31.3. The number of pyridine rings is 1. The monoisotopic (exact) mass is 873 g/mol. The molecule has 3 heterocycles. The summed E-state index contributed by atoms with van der Waals surface area (Å²) in [6.07, 6.45) is 1.85. The van der Waals surface area contributed by atoms with E-state index in [0.717, 1.165) is 73.7 Å². The molecule has 0 spiro atoms. The number of rotatable bonds is 6. The van der Waals surface area contributed by atoms with Gasteiger partial charge in [-0.2, -0.15) is 12.1 Å². The number of benzene rings is 7. The van der Waals surface area contributed by atoms with E-state index >= 15 is 0 Å².